The van der Waals surface area contributed by atoms with Crippen LogP contribution in [-0.2, 0) is 6.42 Å². The summed E-state index contributed by atoms with van der Waals surface area (Å²) >= 11 is 0. The molecule has 1 radical (unpaired) electrons. The highest BCUT2D eigenvalue weighted by atomic mass is 14.0. The molecule has 0 unspecified atom stereocenters. The standard InChI is InChI=1S/C9H7/c1-2-5-9-7-3-6-8(9)4-1/h1-4,6H,7H2. The van der Waals surface area contributed by atoms with Crippen LogP contribution in [0.3, 0.4) is 0 Å². The maximum absolute atomic E-state index is 3.19. The minimum atomic E-state index is 1.07. The molecule has 1 aromatic carbocycles. The maximum atomic E-state index is 3.19. The molecule has 0 heteroatoms. The Morgan fingerprint density at radius 2 is 2.44 bits per heavy atom. The van der Waals surface area contributed by atoms with Crippen molar-refractivity contribution in [2.45, 2.75) is 6.42 Å². The second-order valence-electron chi connectivity index (χ2n) is 2.21. The molecule has 0 bridgehead atoms. The average Bonchev–Trinajstić information content (AvgIpc) is 2.33. The van der Waals surface area contributed by atoms with Crippen molar-refractivity contribution in [2.75, 3.05) is 0 Å². The molecule has 0 saturated carbocycles. The van der Waals surface area contributed by atoms with Gasteiger partial charge in [-0.1, -0.05) is 30.4 Å². The van der Waals surface area contributed by atoms with Crippen molar-refractivity contribution in [1.82, 2.24) is 0 Å². The lowest BCUT2D eigenvalue weighted by atomic mass is 10.1. The van der Waals surface area contributed by atoms with Crippen LogP contribution in [0.2, 0.25) is 0 Å². The van der Waals surface area contributed by atoms with Gasteiger partial charge in [0.15, 0.2) is 0 Å². The zero-order chi connectivity index (χ0) is 6.10. The molecule has 43 valence electrons. The van der Waals surface area contributed by atoms with Gasteiger partial charge in [-0.15, -0.1) is 0 Å². The van der Waals surface area contributed by atoms with Gasteiger partial charge in [-0.05, 0) is 23.6 Å². The van der Waals surface area contributed by atoms with E-state index in [4.69, 9.17) is 0 Å². The fourth-order valence-electron chi connectivity index (χ4n) is 1.12. The first kappa shape index (κ1) is 4.80. The first-order valence-electron chi connectivity index (χ1n) is 3.13. The zero-order valence-corrected chi connectivity index (χ0v) is 5.09. The Morgan fingerprint density at radius 1 is 1.44 bits per heavy atom. The smallest absolute Gasteiger partial charge is 0.00820 e. The second kappa shape index (κ2) is 1.73. The normalized spacial score (nSPS) is 13.8. The molecule has 0 amide bonds. The van der Waals surface area contributed by atoms with E-state index in [0.717, 1.165) is 6.42 Å². The molecule has 0 fully saturated rings. The van der Waals surface area contributed by atoms with E-state index in [1.807, 2.05) is 12.1 Å². The molecule has 1 aromatic rings. The van der Waals surface area contributed by atoms with Crippen molar-refractivity contribution in [3.63, 3.8) is 0 Å². The monoisotopic (exact) mass is 115 g/mol. The van der Waals surface area contributed by atoms with Gasteiger partial charge in [-0.25, -0.2) is 0 Å². The number of hydrogen-bond donors (Lipinski definition) is 0. The van der Waals surface area contributed by atoms with E-state index in [-0.39, 0.29) is 0 Å². The van der Waals surface area contributed by atoms with E-state index in [1.54, 1.807) is 0 Å². The van der Waals surface area contributed by atoms with Gasteiger partial charge >= 0.3 is 0 Å². The molecule has 0 aromatic heterocycles. The van der Waals surface area contributed by atoms with E-state index in [1.165, 1.54) is 11.1 Å². The minimum absolute atomic E-state index is 1.07. The van der Waals surface area contributed by atoms with E-state index < -0.39 is 0 Å². The van der Waals surface area contributed by atoms with Crippen LogP contribution < -0.4 is 0 Å². The Balaban J connectivity index is 2.63. The molecule has 0 aliphatic heterocycles. The molecule has 1 aliphatic rings. The molecule has 1 aliphatic carbocycles. The summed E-state index contributed by atoms with van der Waals surface area (Å²) in [6.07, 6.45) is 5.38. The van der Waals surface area contributed by atoms with Gasteiger partial charge in [0.25, 0.3) is 0 Å². The van der Waals surface area contributed by atoms with Crippen LogP contribution in [0.15, 0.2) is 24.3 Å². The van der Waals surface area contributed by atoms with Crippen molar-refractivity contribution >= 4 is 6.08 Å². The second-order valence-corrected chi connectivity index (χ2v) is 2.21. The average molecular weight is 115 g/mol. The van der Waals surface area contributed by atoms with Crippen LogP contribution in [0.5, 0.6) is 0 Å². The third kappa shape index (κ3) is 0.672. The first-order valence-corrected chi connectivity index (χ1v) is 3.13. The van der Waals surface area contributed by atoms with Crippen molar-refractivity contribution in [2.24, 2.45) is 0 Å². The molecule has 0 nitrogen and oxygen atoms in total. The lowest BCUT2D eigenvalue weighted by Crippen LogP contribution is -1.77. The predicted octanol–water partition coefficient (Wildman–Crippen LogP) is 2.06. The topological polar surface area (TPSA) is 0 Å². The van der Waals surface area contributed by atoms with Crippen LogP contribution in [0.4, 0.5) is 0 Å². The third-order valence-electron chi connectivity index (χ3n) is 1.60. The molecule has 9 heavy (non-hydrogen) atoms. The first-order chi connectivity index (χ1) is 4.47. The molecule has 0 N–H and O–H groups in total. The summed E-state index contributed by atoms with van der Waals surface area (Å²) in [5.41, 5.74) is 2.66. The fourth-order valence-corrected chi connectivity index (χ4v) is 1.12. The summed E-state index contributed by atoms with van der Waals surface area (Å²) in [6, 6.07) is 9.29. The van der Waals surface area contributed by atoms with Crippen molar-refractivity contribution in [1.29, 1.82) is 0 Å². The number of allylic oxidation sites excluding steroid dienone is 1. The number of benzene rings is 1. The quantitative estimate of drug-likeness (QED) is 0.485. The van der Waals surface area contributed by atoms with Crippen molar-refractivity contribution < 1.29 is 0 Å². The van der Waals surface area contributed by atoms with Gasteiger partial charge in [0.05, 0.1) is 0 Å². The van der Waals surface area contributed by atoms with Crippen LogP contribution in [0.25, 0.3) is 6.08 Å². The van der Waals surface area contributed by atoms with E-state index in [0.29, 0.717) is 0 Å². The molecule has 0 spiro atoms. The third-order valence-corrected chi connectivity index (χ3v) is 1.60. The Morgan fingerprint density at radius 3 is 3.33 bits per heavy atom. The van der Waals surface area contributed by atoms with Gasteiger partial charge in [0.1, 0.15) is 0 Å². The summed E-state index contributed by atoms with van der Waals surface area (Å²) in [5, 5.41) is 0. The van der Waals surface area contributed by atoms with Crippen molar-refractivity contribution in [3.8, 4) is 0 Å². The van der Waals surface area contributed by atoms with E-state index in [9.17, 15) is 0 Å². The summed E-state index contributed by atoms with van der Waals surface area (Å²) in [6.45, 7) is 0. The molecule has 0 saturated heterocycles. The molecule has 2 rings (SSSR count). The Hall–Kier alpha value is -1.04. The molecular formula is C9H7. The number of fused-ring (bicyclic) bond motifs is 1. The number of hydrogen-bond acceptors (Lipinski definition) is 0. The van der Waals surface area contributed by atoms with E-state index in [2.05, 4.69) is 24.3 Å². The zero-order valence-electron chi connectivity index (χ0n) is 5.09. The predicted molar refractivity (Wildman–Crippen MR) is 38.0 cm³/mol. The van der Waals surface area contributed by atoms with Gasteiger partial charge < -0.3 is 0 Å². The molecule has 0 heterocycles. The highest BCUT2D eigenvalue weighted by Gasteiger charge is 2.00. The largest absolute Gasteiger partial charge is 0.0795 e. The lowest BCUT2D eigenvalue weighted by Gasteiger charge is -1.92. The Bertz CT molecular complexity index is 246. The maximum Gasteiger partial charge on any atom is -0.00820 e. The van der Waals surface area contributed by atoms with Crippen LogP contribution in [0, 0.1) is 6.07 Å². The molecule has 0 atom stereocenters. The van der Waals surface area contributed by atoms with Gasteiger partial charge in [-0.2, -0.15) is 0 Å². The highest BCUT2D eigenvalue weighted by Crippen LogP contribution is 2.16. The SMILES string of the molecule is [c]1cccc2c1CC=C2. The van der Waals surface area contributed by atoms with Crippen molar-refractivity contribution in [3.05, 3.63) is 41.5 Å². The van der Waals surface area contributed by atoms with E-state index >= 15 is 0 Å². The fraction of sp³-hybridized carbons (Fsp3) is 0.111. The van der Waals surface area contributed by atoms with Crippen LogP contribution in [0.1, 0.15) is 11.1 Å². The van der Waals surface area contributed by atoms with Crippen LogP contribution >= 0.6 is 0 Å². The Kier molecular flexibility index (Phi) is 0.922. The summed E-state index contributed by atoms with van der Waals surface area (Å²) in [4.78, 5) is 0. The summed E-state index contributed by atoms with van der Waals surface area (Å²) in [5.74, 6) is 0. The van der Waals surface area contributed by atoms with Crippen LogP contribution in [-0.4, -0.2) is 0 Å². The van der Waals surface area contributed by atoms with Gasteiger partial charge in [0.2, 0.25) is 0 Å². The summed E-state index contributed by atoms with van der Waals surface area (Å²) in [7, 11) is 0. The Labute approximate surface area is 54.8 Å². The lowest BCUT2D eigenvalue weighted by molar-refractivity contribution is 1.30. The van der Waals surface area contributed by atoms with Gasteiger partial charge in [-0.3, -0.25) is 0 Å². The van der Waals surface area contributed by atoms with Gasteiger partial charge in [0, 0.05) is 0 Å². The number of rotatable bonds is 0. The summed E-state index contributed by atoms with van der Waals surface area (Å²) < 4.78 is 0. The minimum Gasteiger partial charge on any atom is -0.0795 e. The molecular weight excluding hydrogens is 108 g/mol. The highest BCUT2D eigenvalue weighted by molar-refractivity contribution is 5.58.